The van der Waals surface area contributed by atoms with Crippen molar-refractivity contribution in [3.8, 4) is 11.5 Å². The zero-order chi connectivity index (χ0) is 15.1. The van der Waals surface area contributed by atoms with Crippen molar-refractivity contribution in [2.45, 2.75) is 6.54 Å². The molecular formula is C16H17Cl2NO2. The van der Waals surface area contributed by atoms with E-state index in [2.05, 4.69) is 5.32 Å². The number of rotatable bonds is 7. The van der Waals surface area contributed by atoms with Crippen LogP contribution in [0.1, 0.15) is 5.56 Å². The third-order valence-electron chi connectivity index (χ3n) is 2.81. The van der Waals surface area contributed by atoms with E-state index in [0.29, 0.717) is 29.0 Å². The SMILES string of the molecule is CNCc1ccc(OCCOc2ccc(Cl)cc2Cl)cc1. The van der Waals surface area contributed by atoms with Crippen molar-refractivity contribution in [3.05, 3.63) is 58.1 Å². The molecule has 21 heavy (non-hydrogen) atoms. The van der Waals surface area contributed by atoms with Gasteiger partial charge in [-0.1, -0.05) is 35.3 Å². The summed E-state index contributed by atoms with van der Waals surface area (Å²) in [6, 6.07) is 13.1. The number of hydrogen-bond acceptors (Lipinski definition) is 3. The van der Waals surface area contributed by atoms with E-state index >= 15 is 0 Å². The Balaban J connectivity index is 1.76. The summed E-state index contributed by atoms with van der Waals surface area (Å²) in [4.78, 5) is 0. The summed E-state index contributed by atoms with van der Waals surface area (Å²) in [6.45, 7) is 1.71. The van der Waals surface area contributed by atoms with Gasteiger partial charge in [-0.15, -0.1) is 0 Å². The van der Waals surface area contributed by atoms with Crippen molar-refractivity contribution in [2.24, 2.45) is 0 Å². The van der Waals surface area contributed by atoms with E-state index in [1.807, 2.05) is 31.3 Å². The third-order valence-corrected chi connectivity index (χ3v) is 3.34. The second-order valence-corrected chi connectivity index (χ2v) is 5.29. The van der Waals surface area contributed by atoms with Crippen LogP contribution in [0.3, 0.4) is 0 Å². The highest BCUT2D eigenvalue weighted by atomic mass is 35.5. The largest absolute Gasteiger partial charge is 0.490 e. The summed E-state index contributed by atoms with van der Waals surface area (Å²) in [6.07, 6.45) is 0. The van der Waals surface area contributed by atoms with Crippen LogP contribution in [0.4, 0.5) is 0 Å². The zero-order valence-corrected chi connectivity index (χ0v) is 13.2. The first-order valence-corrected chi connectivity index (χ1v) is 7.39. The van der Waals surface area contributed by atoms with Crippen LogP contribution in [0, 0.1) is 0 Å². The molecule has 0 bridgehead atoms. The molecule has 2 aromatic carbocycles. The van der Waals surface area contributed by atoms with Gasteiger partial charge in [0.05, 0.1) is 5.02 Å². The molecule has 0 spiro atoms. The lowest BCUT2D eigenvalue weighted by Gasteiger charge is -2.10. The summed E-state index contributed by atoms with van der Waals surface area (Å²) in [5, 5.41) is 4.19. The van der Waals surface area contributed by atoms with Crippen LogP contribution in [0.2, 0.25) is 10.0 Å². The lowest BCUT2D eigenvalue weighted by Crippen LogP contribution is -2.09. The quantitative estimate of drug-likeness (QED) is 0.775. The van der Waals surface area contributed by atoms with Crippen molar-refractivity contribution in [1.29, 1.82) is 0 Å². The Kier molecular flexibility index (Phi) is 6.18. The Morgan fingerprint density at radius 1 is 0.952 bits per heavy atom. The Morgan fingerprint density at radius 3 is 2.33 bits per heavy atom. The second-order valence-electron chi connectivity index (χ2n) is 4.45. The van der Waals surface area contributed by atoms with Gasteiger partial charge in [0.25, 0.3) is 0 Å². The Morgan fingerprint density at radius 2 is 1.67 bits per heavy atom. The molecule has 2 aromatic rings. The molecule has 2 rings (SSSR count). The number of hydrogen-bond donors (Lipinski definition) is 1. The van der Waals surface area contributed by atoms with Crippen molar-refractivity contribution >= 4 is 23.2 Å². The molecule has 0 aliphatic carbocycles. The van der Waals surface area contributed by atoms with Crippen molar-refractivity contribution in [1.82, 2.24) is 5.32 Å². The van der Waals surface area contributed by atoms with Crippen LogP contribution in [0.5, 0.6) is 11.5 Å². The van der Waals surface area contributed by atoms with E-state index in [-0.39, 0.29) is 0 Å². The number of nitrogens with one attached hydrogen (secondary N) is 1. The molecule has 0 aliphatic heterocycles. The second kappa shape index (κ2) is 8.13. The maximum absolute atomic E-state index is 6.02. The molecule has 112 valence electrons. The van der Waals surface area contributed by atoms with Crippen molar-refractivity contribution in [3.63, 3.8) is 0 Å². The first kappa shape index (κ1) is 16.0. The Bertz CT molecular complexity index is 573. The molecule has 0 amide bonds. The standard InChI is InChI=1S/C16H17Cl2NO2/c1-19-11-12-2-5-14(6-3-12)20-8-9-21-16-7-4-13(17)10-15(16)18/h2-7,10,19H,8-9,11H2,1H3. The van der Waals surface area contributed by atoms with Gasteiger partial charge < -0.3 is 14.8 Å². The molecule has 0 radical (unpaired) electrons. The smallest absolute Gasteiger partial charge is 0.138 e. The first-order valence-electron chi connectivity index (χ1n) is 6.63. The predicted octanol–water partition coefficient (Wildman–Crippen LogP) is 4.17. The van der Waals surface area contributed by atoms with Crippen LogP contribution >= 0.6 is 23.2 Å². The average Bonchev–Trinajstić information content (AvgIpc) is 2.47. The van der Waals surface area contributed by atoms with E-state index in [0.717, 1.165) is 12.3 Å². The summed E-state index contributed by atoms with van der Waals surface area (Å²) in [7, 11) is 1.92. The van der Waals surface area contributed by atoms with Gasteiger partial charge in [-0.3, -0.25) is 0 Å². The fourth-order valence-electron chi connectivity index (χ4n) is 1.81. The lowest BCUT2D eigenvalue weighted by molar-refractivity contribution is 0.217. The normalized spacial score (nSPS) is 10.4. The Labute approximate surface area is 134 Å². The molecule has 3 nitrogen and oxygen atoms in total. The molecule has 0 saturated heterocycles. The van der Waals surface area contributed by atoms with Gasteiger partial charge in [0.1, 0.15) is 24.7 Å². The monoisotopic (exact) mass is 325 g/mol. The van der Waals surface area contributed by atoms with Crippen molar-refractivity contribution in [2.75, 3.05) is 20.3 Å². The van der Waals surface area contributed by atoms with E-state index in [1.165, 1.54) is 5.56 Å². The summed E-state index contributed by atoms with van der Waals surface area (Å²) in [5.41, 5.74) is 1.22. The molecule has 5 heteroatoms. The molecule has 0 aliphatic rings. The van der Waals surface area contributed by atoms with Crippen molar-refractivity contribution < 1.29 is 9.47 Å². The van der Waals surface area contributed by atoms with Gasteiger partial charge in [-0.25, -0.2) is 0 Å². The molecule has 0 aromatic heterocycles. The first-order chi connectivity index (χ1) is 10.2. The molecule has 0 fully saturated rings. The molecule has 1 N–H and O–H groups in total. The molecule has 0 atom stereocenters. The molecule has 0 unspecified atom stereocenters. The van der Waals surface area contributed by atoms with Crippen LogP contribution in [-0.4, -0.2) is 20.3 Å². The van der Waals surface area contributed by atoms with Crippen LogP contribution in [0.25, 0.3) is 0 Å². The third kappa shape index (κ3) is 5.12. The zero-order valence-electron chi connectivity index (χ0n) is 11.7. The fraction of sp³-hybridized carbons (Fsp3) is 0.250. The van der Waals surface area contributed by atoms with E-state index in [1.54, 1.807) is 18.2 Å². The lowest BCUT2D eigenvalue weighted by atomic mass is 10.2. The average molecular weight is 326 g/mol. The number of benzene rings is 2. The van der Waals surface area contributed by atoms with E-state index in [4.69, 9.17) is 32.7 Å². The summed E-state index contributed by atoms with van der Waals surface area (Å²) < 4.78 is 11.2. The highest BCUT2D eigenvalue weighted by Crippen LogP contribution is 2.27. The van der Waals surface area contributed by atoms with Gasteiger partial charge in [-0.05, 0) is 42.9 Å². The van der Waals surface area contributed by atoms with E-state index in [9.17, 15) is 0 Å². The van der Waals surface area contributed by atoms with Crippen LogP contribution in [-0.2, 0) is 6.54 Å². The Hall–Kier alpha value is -1.42. The highest BCUT2D eigenvalue weighted by molar-refractivity contribution is 6.35. The molecule has 0 heterocycles. The summed E-state index contributed by atoms with van der Waals surface area (Å²) in [5.74, 6) is 1.43. The minimum Gasteiger partial charge on any atom is -0.490 e. The maximum atomic E-state index is 6.02. The summed E-state index contributed by atoms with van der Waals surface area (Å²) >= 11 is 11.8. The molecule has 0 saturated carbocycles. The van der Waals surface area contributed by atoms with Crippen LogP contribution < -0.4 is 14.8 Å². The van der Waals surface area contributed by atoms with Gasteiger partial charge >= 0.3 is 0 Å². The predicted molar refractivity (Wildman–Crippen MR) is 86.7 cm³/mol. The maximum Gasteiger partial charge on any atom is 0.138 e. The number of halogens is 2. The molecular weight excluding hydrogens is 309 g/mol. The topological polar surface area (TPSA) is 30.5 Å². The highest BCUT2D eigenvalue weighted by Gasteiger charge is 2.02. The van der Waals surface area contributed by atoms with Crippen LogP contribution in [0.15, 0.2) is 42.5 Å². The van der Waals surface area contributed by atoms with Gasteiger partial charge in [0.2, 0.25) is 0 Å². The van der Waals surface area contributed by atoms with Gasteiger partial charge in [-0.2, -0.15) is 0 Å². The van der Waals surface area contributed by atoms with E-state index < -0.39 is 0 Å². The minimum absolute atomic E-state index is 0.416. The van der Waals surface area contributed by atoms with Gasteiger partial charge in [0, 0.05) is 11.6 Å². The minimum atomic E-state index is 0.416. The fourth-order valence-corrected chi connectivity index (χ4v) is 2.27. The van der Waals surface area contributed by atoms with Gasteiger partial charge in [0.15, 0.2) is 0 Å². The number of ether oxygens (including phenoxy) is 2.